The zero-order valence-corrected chi connectivity index (χ0v) is 17.8. The number of nitrogens with one attached hydrogen (secondary N) is 2. The Morgan fingerprint density at radius 2 is 1.96 bits per heavy atom. The number of ketones is 1. The van der Waals surface area contributed by atoms with Gasteiger partial charge in [0.1, 0.15) is 4.99 Å². The van der Waals surface area contributed by atoms with Crippen LogP contribution in [0.25, 0.3) is 0 Å². The van der Waals surface area contributed by atoms with E-state index in [1.54, 1.807) is 12.4 Å². The van der Waals surface area contributed by atoms with E-state index in [2.05, 4.69) is 45.4 Å². The van der Waals surface area contributed by atoms with Gasteiger partial charge in [0.25, 0.3) is 0 Å². The number of hydrogen-bond donors (Lipinski definition) is 2. The molecule has 0 bridgehead atoms. The largest absolute Gasteiger partial charge is 0.384 e. The molecule has 1 aromatic carbocycles. The van der Waals surface area contributed by atoms with Crippen LogP contribution in [0.2, 0.25) is 0 Å². The molecule has 2 N–H and O–H groups in total. The lowest BCUT2D eigenvalue weighted by atomic mass is 9.75. The highest BCUT2D eigenvalue weighted by Gasteiger charge is 2.34. The first kappa shape index (κ1) is 19.7. The first-order valence-corrected chi connectivity index (χ1v) is 10.0. The van der Waals surface area contributed by atoms with E-state index >= 15 is 0 Å². The molecule has 4 nitrogen and oxygen atoms in total. The topological polar surface area (TPSA) is 54.0 Å². The number of rotatable bonds is 5. The Morgan fingerprint density at radius 1 is 1.22 bits per heavy atom. The number of hydrogen-bond acceptors (Lipinski definition) is 4. The average Bonchev–Trinajstić information content (AvgIpc) is 2.60. The van der Waals surface area contributed by atoms with E-state index in [0.29, 0.717) is 23.5 Å². The number of pyridine rings is 1. The smallest absolute Gasteiger partial charge is 0.168 e. The number of halogens is 1. The highest BCUT2D eigenvalue weighted by Crippen LogP contribution is 2.36. The molecule has 1 aromatic heterocycles. The Balaban J connectivity index is 1.87. The number of allylic oxidation sites excluding steroid dienone is 1. The molecule has 0 radical (unpaired) electrons. The van der Waals surface area contributed by atoms with Gasteiger partial charge in [-0.05, 0) is 51.5 Å². The molecular formula is C21H22BrN3OS. The Hall–Kier alpha value is -2.05. The second kappa shape index (κ2) is 8.31. The Morgan fingerprint density at radius 3 is 2.67 bits per heavy atom. The van der Waals surface area contributed by atoms with Crippen molar-refractivity contribution < 1.29 is 4.79 Å². The molecule has 1 aliphatic rings. The Labute approximate surface area is 173 Å². The molecule has 1 aliphatic carbocycles. The molecule has 1 heterocycles. The summed E-state index contributed by atoms with van der Waals surface area (Å²) in [7, 11) is 0. The molecule has 0 aliphatic heterocycles. The van der Waals surface area contributed by atoms with E-state index in [0.717, 1.165) is 27.8 Å². The van der Waals surface area contributed by atoms with Crippen LogP contribution in [0.5, 0.6) is 0 Å². The lowest BCUT2D eigenvalue weighted by Gasteiger charge is -2.33. The van der Waals surface area contributed by atoms with Crippen molar-refractivity contribution in [2.45, 2.75) is 33.2 Å². The van der Waals surface area contributed by atoms with Crippen molar-refractivity contribution in [2.24, 2.45) is 5.41 Å². The number of anilines is 1. The summed E-state index contributed by atoms with van der Waals surface area (Å²) in [6.45, 7) is 4.82. The minimum Gasteiger partial charge on any atom is -0.384 e. The molecule has 0 spiro atoms. The number of thiocarbonyl (C=S) groups is 1. The molecule has 2 aromatic rings. The maximum atomic E-state index is 12.9. The fourth-order valence-electron chi connectivity index (χ4n) is 3.20. The van der Waals surface area contributed by atoms with Crippen LogP contribution in [0.15, 0.2) is 64.5 Å². The second-order valence-electron chi connectivity index (χ2n) is 7.44. The van der Waals surface area contributed by atoms with Gasteiger partial charge in [0.05, 0.1) is 5.57 Å². The first-order chi connectivity index (χ1) is 12.9. The van der Waals surface area contributed by atoms with Crippen molar-refractivity contribution in [1.29, 1.82) is 0 Å². The lowest BCUT2D eigenvalue weighted by molar-refractivity contribution is -0.117. The van der Waals surface area contributed by atoms with Crippen molar-refractivity contribution in [3.63, 3.8) is 0 Å². The predicted molar refractivity (Wildman–Crippen MR) is 116 cm³/mol. The minimum atomic E-state index is -0.0965. The summed E-state index contributed by atoms with van der Waals surface area (Å²) in [6, 6.07) is 11.6. The van der Waals surface area contributed by atoms with E-state index in [9.17, 15) is 4.79 Å². The number of carbonyl (C=O) groups excluding carboxylic acids is 1. The summed E-state index contributed by atoms with van der Waals surface area (Å²) in [5.41, 5.74) is 3.35. The Kier molecular flexibility index (Phi) is 6.07. The van der Waals surface area contributed by atoms with Gasteiger partial charge in [-0.25, -0.2) is 0 Å². The predicted octanol–water partition coefficient (Wildman–Crippen LogP) is 5.02. The standard InChI is InChI=1S/C21H22BrN3OS/c1-21(2)10-17(24-12-14-8-9-23-13-16(14)22)19(18(26)11-21)20(27)25-15-6-4-3-5-7-15/h3-9,13,24H,10-12H2,1-2H3,(H,25,27). The summed E-state index contributed by atoms with van der Waals surface area (Å²) < 4.78 is 0.936. The minimum absolute atomic E-state index is 0.0796. The SMILES string of the molecule is CC1(C)CC(=O)C(C(=S)Nc2ccccc2)=C(NCc2ccncc2Br)C1. The van der Waals surface area contributed by atoms with Crippen LogP contribution in [0.3, 0.4) is 0 Å². The van der Waals surface area contributed by atoms with Crippen molar-refractivity contribution in [1.82, 2.24) is 10.3 Å². The van der Waals surface area contributed by atoms with E-state index in [4.69, 9.17) is 12.2 Å². The van der Waals surface area contributed by atoms with Crippen LogP contribution in [-0.2, 0) is 11.3 Å². The van der Waals surface area contributed by atoms with Gasteiger partial charge >= 0.3 is 0 Å². The first-order valence-electron chi connectivity index (χ1n) is 8.81. The van der Waals surface area contributed by atoms with Crippen LogP contribution >= 0.6 is 28.1 Å². The van der Waals surface area contributed by atoms with Gasteiger partial charge < -0.3 is 10.6 Å². The van der Waals surface area contributed by atoms with Crippen LogP contribution in [0.1, 0.15) is 32.3 Å². The quantitative estimate of drug-likeness (QED) is 0.635. The highest BCUT2D eigenvalue weighted by molar-refractivity contribution is 9.10. The number of nitrogens with zero attached hydrogens (tertiary/aromatic N) is 1. The van der Waals surface area contributed by atoms with Gasteiger partial charge in [-0.15, -0.1) is 0 Å². The van der Waals surface area contributed by atoms with Gasteiger partial charge in [0.2, 0.25) is 0 Å². The van der Waals surface area contributed by atoms with Crippen LogP contribution < -0.4 is 10.6 Å². The molecule has 0 fully saturated rings. The van der Waals surface area contributed by atoms with Crippen molar-refractivity contribution in [3.8, 4) is 0 Å². The number of aromatic nitrogens is 1. The van der Waals surface area contributed by atoms with E-state index < -0.39 is 0 Å². The summed E-state index contributed by atoms with van der Waals surface area (Å²) >= 11 is 9.11. The third kappa shape index (κ3) is 5.02. The second-order valence-corrected chi connectivity index (χ2v) is 8.70. The monoisotopic (exact) mass is 443 g/mol. The molecule has 140 valence electrons. The molecule has 0 saturated carbocycles. The van der Waals surface area contributed by atoms with Crippen LogP contribution in [0.4, 0.5) is 5.69 Å². The number of carbonyl (C=O) groups is 1. The van der Waals surface area contributed by atoms with Gasteiger partial charge in [-0.3, -0.25) is 9.78 Å². The van der Waals surface area contributed by atoms with Crippen LogP contribution in [-0.4, -0.2) is 15.8 Å². The normalized spacial score (nSPS) is 16.2. The fraction of sp³-hybridized carbons (Fsp3) is 0.286. The van der Waals surface area contributed by atoms with Gasteiger partial charge in [0, 0.05) is 41.2 Å². The fourth-order valence-corrected chi connectivity index (χ4v) is 3.95. The Bertz CT molecular complexity index is 893. The molecule has 0 saturated heterocycles. The van der Waals surface area contributed by atoms with Crippen molar-refractivity contribution >= 4 is 44.6 Å². The van der Waals surface area contributed by atoms with Crippen LogP contribution in [0, 0.1) is 5.41 Å². The van der Waals surface area contributed by atoms with E-state index in [1.165, 1.54) is 0 Å². The third-order valence-corrected chi connectivity index (χ3v) is 5.50. The number of Topliss-reactive ketones (excluding diaryl/α,β-unsaturated/α-hetero) is 1. The summed E-state index contributed by atoms with van der Waals surface area (Å²) in [6.07, 6.45) is 4.79. The van der Waals surface area contributed by atoms with Gasteiger partial charge in [-0.1, -0.05) is 44.3 Å². The lowest BCUT2D eigenvalue weighted by Crippen LogP contribution is -2.35. The number of benzene rings is 1. The molecule has 6 heteroatoms. The highest BCUT2D eigenvalue weighted by atomic mass is 79.9. The zero-order valence-electron chi connectivity index (χ0n) is 15.4. The molecular weight excluding hydrogens is 422 g/mol. The molecule has 0 amide bonds. The summed E-state index contributed by atoms with van der Waals surface area (Å²) in [5, 5.41) is 6.66. The van der Waals surface area contributed by atoms with Gasteiger partial charge in [-0.2, -0.15) is 0 Å². The molecule has 0 unspecified atom stereocenters. The molecule has 3 rings (SSSR count). The summed E-state index contributed by atoms with van der Waals surface area (Å²) in [4.78, 5) is 17.4. The maximum absolute atomic E-state index is 12.9. The summed E-state index contributed by atoms with van der Waals surface area (Å²) in [5.74, 6) is 0.0796. The van der Waals surface area contributed by atoms with E-state index in [-0.39, 0.29) is 11.2 Å². The van der Waals surface area contributed by atoms with Gasteiger partial charge in [0.15, 0.2) is 5.78 Å². The third-order valence-electron chi connectivity index (χ3n) is 4.48. The maximum Gasteiger partial charge on any atom is 0.168 e. The van der Waals surface area contributed by atoms with Crippen molar-refractivity contribution in [3.05, 3.63) is 70.1 Å². The molecule has 0 atom stereocenters. The average molecular weight is 444 g/mol. The zero-order chi connectivity index (χ0) is 19.4. The van der Waals surface area contributed by atoms with E-state index in [1.807, 2.05) is 36.4 Å². The molecule has 27 heavy (non-hydrogen) atoms. The van der Waals surface area contributed by atoms with Crippen molar-refractivity contribution in [2.75, 3.05) is 5.32 Å². The number of para-hydroxylation sites is 1.